The van der Waals surface area contributed by atoms with Crippen molar-refractivity contribution in [2.45, 2.75) is 110 Å². The molecular weight excluding hydrogens is 331 g/mol. The van der Waals surface area contributed by atoms with Crippen LogP contribution in [0.25, 0.3) is 0 Å². The first-order valence-corrected chi connectivity index (χ1v) is 8.41. The third-order valence-corrected chi connectivity index (χ3v) is 3.71. The van der Waals surface area contributed by atoms with Crippen molar-refractivity contribution in [3.05, 3.63) is 0 Å². The van der Waals surface area contributed by atoms with Crippen LogP contribution >= 0.6 is 24.0 Å². The monoisotopic (exact) mass is 368 g/mol. The molecule has 0 saturated heterocycles. The number of hydrogen-bond donors (Lipinski definition) is 0. The molecule has 1 heteroatoms. The van der Waals surface area contributed by atoms with Crippen molar-refractivity contribution >= 4 is 24.0 Å². The summed E-state index contributed by atoms with van der Waals surface area (Å²) in [6, 6.07) is 0. The summed E-state index contributed by atoms with van der Waals surface area (Å²) in [5, 5.41) is 0. The van der Waals surface area contributed by atoms with E-state index in [0.717, 1.165) is 0 Å². The zero-order valence-corrected chi connectivity index (χ0v) is 15.3. The van der Waals surface area contributed by atoms with E-state index >= 15 is 0 Å². The summed E-state index contributed by atoms with van der Waals surface area (Å²) in [5.41, 5.74) is 0. The summed E-state index contributed by atoms with van der Waals surface area (Å²) in [6.45, 7) is 4.58. The molecule has 0 radical (unpaired) electrons. The third-order valence-electron chi connectivity index (χ3n) is 3.71. The molecule has 112 valence electrons. The highest BCUT2D eigenvalue weighted by atomic mass is 127. The summed E-state index contributed by atoms with van der Waals surface area (Å²) >= 11 is 0. The topological polar surface area (TPSA) is 0 Å². The Labute approximate surface area is 134 Å². The van der Waals surface area contributed by atoms with Crippen molar-refractivity contribution in [2.24, 2.45) is 0 Å². The maximum Gasteiger partial charge on any atom is -0.0533 e. The lowest BCUT2D eigenvalue weighted by atomic mass is 10.0. The highest BCUT2D eigenvalue weighted by Crippen LogP contribution is 2.13. The van der Waals surface area contributed by atoms with Crippen LogP contribution in [0.4, 0.5) is 0 Å². The van der Waals surface area contributed by atoms with Crippen LogP contribution in [0, 0.1) is 0 Å². The van der Waals surface area contributed by atoms with Gasteiger partial charge in [0.15, 0.2) is 0 Å². The fourth-order valence-corrected chi connectivity index (χ4v) is 2.44. The molecule has 18 heavy (non-hydrogen) atoms. The first kappa shape index (κ1) is 21.0. The average Bonchev–Trinajstić information content (AvgIpc) is 2.35. The van der Waals surface area contributed by atoms with Crippen molar-refractivity contribution < 1.29 is 0 Å². The van der Waals surface area contributed by atoms with Crippen LogP contribution in [0.5, 0.6) is 0 Å². The van der Waals surface area contributed by atoms with E-state index in [1.54, 1.807) is 0 Å². The van der Waals surface area contributed by atoms with E-state index in [1.807, 2.05) is 0 Å². The first-order valence-electron chi connectivity index (χ1n) is 8.41. The van der Waals surface area contributed by atoms with Gasteiger partial charge in [0.25, 0.3) is 0 Å². The molecule has 0 N–H and O–H groups in total. The minimum Gasteiger partial charge on any atom is -0.107 e. The summed E-state index contributed by atoms with van der Waals surface area (Å²) < 4.78 is 0. The van der Waals surface area contributed by atoms with E-state index < -0.39 is 0 Å². The minimum atomic E-state index is 0. The van der Waals surface area contributed by atoms with Gasteiger partial charge in [0.1, 0.15) is 0 Å². The molecule has 0 aliphatic carbocycles. The summed E-state index contributed by atoms with van der Waals surface area (Å²) in [4.78, 5) is 0. The molecular formula is C17H37I. The van der Waals surface area contributed by atoms with Gasteiger partial charge in [0, 0.05) is 0 Å². The molecule has 0 spiro atoms. The van der Waals surface area contributed by atoms with Crippen LogP contribution in [0.3, 0.4) is 0 Å². The Bertz CT molecular complexity index is 109. The molecule has 0 saturated carbocycles. The van der Waals surface area contributed by atoms with Crippen molar-refractivity contribution in [2.75, 3.05) is 0 Å². The van der Waals surface area contributed by atoms with Crippen LogP contribution in [-0.2, 0) is 0 Å². The van der Waals surface area contributed by atoms with Gasteiger partial charge in [0.05, 0.1) is 0 Å². The zero-order valence-electron chi connectivity index (χ0n) is 13.0. The first-order chi connectivity index (χ1) is 8.41. The van der Waals surface area contributed by atoms with Gasteiger partial charge in [-0.25, -0.2) is 0 Å². The lowest BCUT2D eigenvalue weighted by Gasteiger charge is -2.02. The average molecular weight is 368 g/mol. The Kier molecular flexibility index (Phi) is 23.4. The molecule has 0 amide bonds. The van der Waals surface area contributed by atoms with E-state index in [4.69, 9.17) is 0 Å². The van der Waals surface area contributed by atoms with Crippen molar-refractivity contribution in [1.29, 1.82) is 0 Å². The Balaban J connectivity index is 0. The fourth-order valence-electron chi connectivity index (χ4n) is 2.44. The second-order valence-electron chi connectivity index (χ2n) is 5.60. The van der Waals surface area contributed by atoms with Gasteiger partial charge in [-0.2, -0.15) is 0 Å². The molecule has 0 aromatic carbocycles. The van der Waals surface area contributed by atoms with Crippen LogP contribution in [0.1, 0.15) is 110 Å². The maximum atomic E-state index is 2.29. The molecule has 0 nitrogen and oxygen atoms in total. The number of rotatable bonds is 14. The van der Waals surface area contributed by atoms with E-state index in [0.29, 0.717) is 0 Å². The van der Waals surface area contributed by atoms with Crippen LogP contribution in [-0.4, -0.2) is 0 Å². The highest BCUT2D eigenvalue weighted by molar-refractivity contribution is 14.0. The highest BCUT2D eigenvalue weighted by Gasteiger charge is 1.93. The summed E-state index contributed by atoms with van der Waals surface area (Å²) in [5.74, 6) is 0. The van der Waals surface area contributed by atoms with Gasteiger partial charge in [-0.15, -0.1) is 24.0 Å². The van der Waals surface area contributed by atoms with Gasteiger partial charge < -0.3 is 0 Å². The van der Waals surface area contributed by atoms with E-state index in [1.165, 1.54) is 96.3 Å². The molecule has 0 aromatic heterocycles. The van der Waals surface area contributed by atoms with Gasteiger partial charge >= 0.3 is 0 Å². The third kappa shape index (κ3) is 19.1. The molecule has 0 bridgehead atoms. The summed E-state index contributed by atoms with van der Waals surface area (Å²) in [7, 11) is 0. The largest absolute Gasteiger partial charge is 0.107 e. The fraction of sp³-hybridized carbons (Fsp3) is 1.00. The van der Waals surface area contributed by atoms with Crippen LogP contribution in [0.15, 0.2) is 0 Å². The number of halogens is 1. The SMILES string of the molecule is CCCCCCCCCCCCCCCCC.I. The Morgan fingerprint density at radius 2 is 0.500 bits per heavy atom. The van der Waals surface area contributed by atoms with E-state index in [-0.39, 0.29) is 24.0 Å². The Hall–Kier alpha value is 0.730. The molecule has 0 unspecified atom stereocenters. The smallest absolute Gasteiger partial charge is 0.0533 e. The lowest BCUT2D eigenvalue weighted by Crippen LogP contribution is -1.82. The molecule has 0 fully saturated rings. The zero-order chi connectivity index (χ0) is 12.6. The van der Waals surface area contributed by atoms with Gasteiger partial charge in [-0.3, -0.25) is 0 Å². The van der Waals surface area contributed by atoms with E-state index in [9.17, 15) is 0 Å². The minimum absolute atomic E-state index is 0. The number of unbranched alkanes of at least 4 members (excludes halogenated alkanes) is 14. The standard InChI is InChI=1S/C17H36.HI/c1-3-5-7-9-11-13-15-17-16-14-12-10-8-6-4-2;/h3-17H2,1-2H3;1H. The molecule has 0 atom stereocenters. The number of hydrogen-bond acceptors (Lipinski definition) is 0. The predicted molar refractivity (Wildman–Crippen MR) is 96.0 cm³/mol. The normalized spacial score (nSPS) is 10.3. The van der Waals surface area contributed by atoms with Gasteiger partial charge in [0.2, 0.25) is 0 Å². The van der Waals surface area contributed by atoms with Crippen molar-refractivity contribution in [1.82, 2.24) is 0 Å². The van der Waals surface area contributed by atoms with Crippen molar-refractivity contribution in [3.63, 3.8) is 0 Å². The van der Waals surface area contributed by atoms with Crippen LogP contribution < -0.4 is 0 Å². The van der Waals surface area contributed by atoms with Crippen molar-refractivity contribution in [3.8, 4) is 0 Å². The molecule has 0 aromatic rings. The maximum absolute atomic E-state index is 2.29. The molecule has 0 rings (SSSR count). The van der Waals surface area contributed by atoms with Gasteiger partial charge in [-0.1, -0.05) is 110 Å². The summed E-state index contributed by atoms with van der Waals surface area (Å²) in [6.07, 6.45) is 21.9. The van der Waals surface area contributed by atoms with Gasteiger partial charge in [-0.05, 0) is 0 Å². The lowest BCUT2D eigenvalue weighted by molar-refractivity contribution is 0.534. The van der Waals surface area contributed by atoms with Crippen LogP contribution in [0.2, 0.25) is 0 Å². The quantitative estimate of drug-likeness (QED) is 0.220. The molecule has 0 aliphatic rings. The Morgan fingerprint density at radius 1 is 0.333 bits per heavy atom. The molecule has 0 heterocycles. The van der Waals surface area contributed by atoms with E-state index in [2.05, 4.69) is 13.8 Å². The Morgan fingerprint density at radius 3 is 0.667 bits per heavy atom. The second-order valence-corrected chi connectivity index (χ2v) is 5.60. The predicted octanol–water partition coefficient (Wildman–Crippen LogP) is 7.50. The molecule has 0 aliphatic heterocycles. The second kappa shape index (κ2) is 20.1.